The smallest absolute Gasteiger partial charge is 0.327 e. The number of carboxylic acid groups (broad SMARTS) is 1. The van der Waals surface area contributed by atoms with Crippen molar-refractivity contribution >= 4 is 5.97 Å². The second-order valence-electron chi connectivity index (χ2n) is 2.41. The molecule has 14 heavy (non-hydrogen) atoms. The standard InChI is InChI=1S/C7H9NO.C3H4O2/c8-5-6-1-3-7(9)4-2-6;1-2-3(4)5/h1-4,9H,5,8H2;2H,1H2,(H,4,5). The summed E-state index contributed by atoms with van der Waals surface area (Å²) in [5.41, 5.74) is 6.35. The topological polar surface area (TPSA) is 83.5 Å². The van der Waals surface area contributed by atoms with Crippen molar-refractivity contribution < 1.29 is 15.0 Å². The van der Waals surface area contributed by atoms with Crippen molar-refractivity contribution in [3.05, 3.63) is 42.5 Å². The van der Waals surface area contributed by atoms with Gasteiger partial charge in [0.2, 0.25) is 0 Å². The van der Waals surface area contributed by atoms with E-state index >= 15 is 0 Å². The predicted octanol–water partition coefficient (Wildman–Crippen LogP) is 1.11. The first-order valence-corrected chi connectivity index (χ1v) is 3.93. The Kier molecular flexibility index (Phi) is 5.82. The van der Waals surface area contributed by atoms with Gasteiger partial charge in [0.1, 0.15) is 5.75 Å². The maximum absolute atomic E-state index is 9.25. The van der Waals surface area contributed by atoms with Crippen LogP contribution in [0, 0.1) is 0 Å². The summed E-state index contributed by atoms with van der Waals surface area (Å²) in [5, 5.41) is 16.4. The van der Waals surface area contributed by atoms with Gasteiger partial charge in [0.05, 0.1) is 0 Å². The molecule has 0 spiro atoms. The van der Waals surface area contributed by atoms with E-state index in [0.29, 0.717) is 6.54 Å². The Morgan fingerprint density at radius 2 is 1.86 bits per heavy atom. The second-order valence-corrected chi connectivity index (χ2v) is 2.41. The van der Waals surface area contributed by atoms with E-state index in [1.807, 2.05) is 0 Å². The summed E-state index contributed by atoms with van der Waals surface area (Å²) in [5.74, 6) is -0.697. The molecule has 0 aliphatic rings. The van der Waals surface area contributed by atoms with E-state index in [1.165, 1.54) is 0 Å². The van der Waals surface area contributed by atoms with Crippen LogP contribution >= 0.6 is 0 Å². The van der Waals surface area contributed by atoms with E-state index in [4.69, 9.17) is 15.9 Å². The second kappa shape index (κ2) is 6.68. The van der Waals surface area contributed by atoms with Crippen LogP contribution < -0.4 is 5.73 Å². The zero-order chi connectivity index (χ0) is 11.0. The Labute approximate surface area is 82.3 Å². The minimum atomic E-state index is -0.981. The number of aliphatic carboxylic acids is 1. The Hall–Kier alpha value is -1.81. The molecule has 4 N–H and O–H groups in total. The molecule has 4 nitrogen and oxygen atoms in total. The molecule has 0 amide bonds. The summed E-state index contributed by atoms with van der Waals surface area (Å²) in [4.78, 5) is 9.25. The molecule has 0 bridgehead atoms. The molecule has 0 aliphatic carbocycles. The van der Waals surface area contributed by atoms with Crippen LogP contribution in [-0.4, -0.2) is 16.2 Å². The van der Waals surface area contributed by atoms with Crippen LogP contribution in [0.5, 0.6) is 5.75 Å². The van der Waals surface area contributed by atoms with Crippen LogP contribution in [0.1, 0.15) is 5.56 Å². The number of phenolic OH excluding ortho intramolecular Hbond substituents is 1. The van der Waals surface area contributed by atoms with Crippen LogP contribution in [0.25, 0.3) is 0 Å². The summed E-state index contributed by atoms with van der Waals surface area (Å²) >= 11 is 0. The summed E-state index contributed by atoms with van der Waals surface area (Å²) in [6.07, 6.45) is 0.833. The maximum Gasteiger partial charge on any atom is 0.327 e. The van der Waals surface area contributed by atoms with Crippen LogP contribution in [0.4, 0.5) is 0 Å². The molecule has 0 atom stereocenters. The monoisotopic (exact) mass is 195 g/mol. The summed E-state index contributed by atoms with van der Waals surface area (Å²) in [6, 6.07) is 6.86. The normalized spacial score (nSPS) is 8.36. The minimum absolute atomic E-state index is 0.284. The fraction of sp³-hybridized carbons (Fsp3) is 0.100. The van der Waals surface area contributed by atoms with Gasteiger partial charge < -0.3 is 15.9 Å². The fourth-order valence-electron chi connectivity index (χ4n) is 0.632. The van der Waals surface area contributed by atoms with Gasteiger partial charge in [-0.1, -0.05) is 18.7 Å². The number of nitrogens with two attached hydrogens (primary N) is 1. The van der Waals surface area contributed by atoms with Crippen LogP contribution in [-0.2, 0) is 11.3 Å². The van der Waals surface area contributed by atoms with E-state index in [2.05, 4.69) is 6.58 Å². The quantitative estimate of drug-likeness (QED) is 0.617. The molecule has 0 heterocycles. The third-order valence-electron chi connectivity index (χ3n) is 1.35. The summed E-state index contributed by atoms with van der Waals surface area (Å²) < 4.78 is 0. The predicted molar refractivity (Wildman–Crippen MR) is 53.8 cm³/mol. The lowest BCUT2D eigenvalue weighted by Crippen LogP contribution is -1.94. The third-order valence-corrected chi connectivity index (χ3v) is 1.35. The number of carboxylic acids is 1. The highest BCUT2D eigenvalue weighted by atomic mass is 16.4. The van der Waals surface area contributed by atoms with Gasteiger partial charge in [0.15, 0.2) is 0 Å². The average molecular weight is 195 g/mol. The molecule has 0 fully saturated rings. The van der Waals surface area contributed by atoms with E-state index < -0.39 is 5.97 Å². The summed E-state index contributed by atoms with van der Waals surface area (Å²) in [7, 11) is 0. The van der Waals surface area contributed by atoms with E-state index in [-0.39, 0.29) is 5.75 Å². The molecular weight excluding hydrogens is 182 g/mol. The van der Waals surface area contributed by atoms with E-state index in [1.54, 1.807) is 24.3 Å². The van der Waals surface area contributed by atoms with Gasteiger partial charge in [-0.15, -0.1) is 0 Å². The number of benzene rings is 1. The lowest BCUT2D eigenvalue weighted by molar-refractivity contribution is -0.131. The Morgan fingerprint density at radius 3 is 2.14 bits per heavy atom. The average Bonchev–Trinajstić information content (AvgIpc) is 2.20. The first-order valence-electron chi connectivity index (χ1n) is 3.93. The zero-order valence-electron chi connectivity index (χ0n) is 7.68. The van der Waals surface area contributed by atoms with Gasteiger partial charge in [-0.3, -0.25) is 0 Å². The molecule has 0 aromatic heterocycles. The Bertz CT molecular complexity index is 293. The number of rotatable bonds is 2. The van der Waals surface area contributed by atoms with Crippen LogP contribution in [0.3, 0.4) is 0 Å². The molecule has 0 saturated carbocycles. The van der Waals surface area contributed by atoms with E-state index in [9.17, 15) is 4.79 Å². The third kappa shape index (κ3) is 5.79. The molecule has 0 saturated heterocycles. The van der Waals surface area contributed by atoms with Crippen molar-refractivity contribution in [3.63, 3.8) is 0 Å². The molecule has 0 unspecified atom stereocenters. The zero-order valence-corrected chi connectivity index (χ0v) is 7.68. The van der Waals surface area contributed by atoms with Gasteiger partial charge in [0, 0.05) is 12.6 Å². The van der Waals surface area contributed by atoms with Crippen molar-refractivity contribution in [1.82, 2.24) is 0 Å². The molecule has 1 aromatic rings. The van der Waals surface area contributed by atoms with Gasteiger partial charge in [0.25, 0.3) is 0 Å². The minimum Gasteiger partial charge on any atom is -0.508 e. The van der Waals surface area contributed by atoms with Crippen molar-refractivity contribution in [3.8, 4) is 5.75 Å². The molecular formula is C10H13NO3. The van der Waals surface area contributed by atoms with Crippen molar-refractivity contribution in [1.29, 1.82) is 0 Å². The largest absolute Gasteiger partial charge is 0.508 e. The molecule has 76 valence electrons. The molecule has 0 radical (unpaired) electrons. The van der Waals surface area contributed by atoms with Crippen molar-refractivity contribution in [2.24, 2.45) is 5.73 Å². The Morgan fingerprint density at radius 1 is 1.43 bits per heavy atom. The molecule has 0 aliphatic heterocycles. The first kappa shape index (κ1) is 12.2. The summed E-state index contributed by atoms with van der Waals surface area (Å²) in [6.45, 7) is 3.49. The Balaban J connectivity index is 0.000000292. The van der Waals surface area contributed by atoms with Gasteiger partial charge in [-0.05, 0) is 17.7 Å². The van der Waals surface area contributed by atoms with Gasteiger partial charge in [-0.25, -0.2) is 4.79 Å². The molecule has 1 rings (SSSR count). The first-order chi connectivity index (χ1) is 6.60. The number of hydrogen-bond donors (Lipinski definition) is 3. The number of aromatic hydroxyl groups is 1. The maximum atomic E-state index is 9.25. The van der Waals surface area contributed by atoms with Gasteiger partial charge in [-0.2, -0.15) is 0 Å². The lowest BCUT2D eigenvalue weighted by Gasteiger charge is -1.93. The number of phenols is 1. The fourth-order valence-corrected chi connectivity index (χ4v) is 0.632. The molecule has 1 aromatic carbocycles. The highest BCUT2D eigenvalue weighted by Gasteiger charge is 1.86. The highest BCUT2D eigenvalue weighted by molar-refractivity contribution is 5.78. The lowest BCUT2D eigenvalue weighted by atomic mass is 10.2. The van der Waals surface area contributed by atoms with E-state index in [0.717, 1.165) is 11.6 Å². The van der Waals surface area contributed by atoms with Crippen LogP contribution in [0.2, 0.25) is 0 Å². The van der Waals surface area contributed by atoms with Gasteiger partial charge >= 0.3 is 5.97 Å². The SMILES string of the molecule is C=CC(=O)O.NCc1ccc(O)cc1. The number of hydrogen-bond acceptors (Lipinski definition) is 3. The number of carbonyl (C=O) groups is 1. The molecule has 4 heteroatoms. The highest BCUT2D eigenvalue weighted by Crippen LogP contribution is 2.08. The van der Waals surface area contributed by atoms with Crippen LogP contribution in [0.15, 0.2) is 36.9 Å². The van der Waals surface area contributed by atoms with Crippen molar-refractivity contribution in [2.75, 3.05) is 0 Å². The van der Waals surface area contributed by atoms with Crippen molar-refractivity contribution in [2.45, 2.75) is 6.54 Å².